The van der Waals surface area contributed by atoms with Crippen LogP contribution in [-0.2, 0) is 24.3 Å². The maximum atomic E-state index is 15.2. The SMILES string of the molecule is COC(=O)Nc1cccc(-c2cc(F)c3nc(C(C(=O)NCC(=O)NC4CC4)S(=O)(=O)N(C)C)sc3c2)c1. The second kappa shape index (κ2) is 11.0. The van der Waals surface area contributed by atoms with Crippen molar-refractivity contribution in [2.75, 3.05) is 33.1 Å². The number of nitrogens with zero attached hydrogens (tertiary/aromatic N) is 2. The zero-order valence-corrected chi connectivity index (χ0v) is 22.4. The largest absolute Gasteiger partial charge is 0.453 e. The number of fused-ring (bicyclic) bond motifs is 1. The minimum absolute atomic E-state index is 0.0825. The Hall–Kier alpha value is -3.62. The lowest BCUT2D eigenvalue weighted by Crippen LogP contribution is -2.43. The van der Waals surface area contributed by atoms with Gasteiger partial charge in [-0.3, -0.25) is 14.9 Å². The van der Waals surface area contributed by atoms with E-state index in [1.165, 1.54) is 27.3 Å². The van der Waals surface area contributed by atoms with Crippen molar-refractivity contribution in [3.63, 3.8) is 0 Å². The zero-order chi connectivity index (χ0) is 27.6. The molecule has 4 rings (SSSR count). The van der Waals surface area contributed by atoms with E-state index in [9.17, 15) is 22.8 Å². The van der Waals surface area contributed by atoms with E-state index in [4.69, 9.17) is 0 Å². The molecule has 1 aliphatic rings. The number of amides is 3. The van der Waals surface area contributed by atoms with E-state index in [1.807, 2.05) is 0 Å². The molecule has 1 atom stereocenters. The first-order chi connectivity index (χ1) is 18.0. The Morgan fingerprint density at radius 1 is 1.18 bits per heavy atom. The number of aromatic nitrogens is 1. The molecule has 3 N–H and O–H groups in total. The maximum Gasteiger partial charge on any atom is 0.411 e. The van der Waals surface area contributed by atoms with E-state index in [2.05, 4.69) is 25.7 Å². The van der Waals surface area contributed by atoms with E-state index in [-0.39, 0.29) is 16.6 Å². The molecule has 3 amide bonds. The van der Waals surface area contributed by atoms with Crippen LogP contribution in [0.5, 0.6) is 0 Å². The van der Waals surface area contributed by atoms with Crippen LogP contribution in [0.3, 0.4) is 0 Å². The fourth-order valence-corrected chi connectivity index (χ4v) is 6.18. The molecule has 0 spiro atoms. The highest BCUT2D eigenvalue weighted by molar-refractivity contribution is 7.90. The number of hydrogen-bond donors (Lipinski definition) is 3. The molecule has 0 bridgehead atoms. The first-order valence-electron chi connectivity index (χ1n) is 11.5. The lowest BCUT2D eigenvalue weighted by molar-refractivity contribution is -0.126. The number of rotatable bonds is 9. The molecule has 1 unspecified atom stereocenters. The predicted octanol–water partition coefficient (Wildman–Crippen LogP) is 2.61. The Labute approximate surface area is 222 Å². The number of benzene rings is 2. The van der Waals surface area contributed by atoms with Gasteiger partial charge >= 0.3 is 6.09 Å². The summed E-state index contributed by atoms with van der Waals surface area (Å²) in [5, 5.41) is 5.71. The van der Waals surface area contributed by atoms with Crippen molar-refractivity contribution in [1.82, 2.24) is 19.9 Å². The second-order valence-electron chi connectivity index (χ2n) is 8.82. The minimum atomic E-state index is -4.23. The van der Waals surface area contributed by atoms with E-state index >= 15 is 4.39 Å². The zero-order valence-electron chi connectivity index (χ0n) is 20.8. The van der Waals surface area contributed by atoms with Gasteiger partial charge in [-0.2, -0.15) is 0 Å². The third-order valence-corrected chi connectivity index (χ3v) is 8.99. The van der Waals surface area contributed by atoms with Gasteiger partial charge in [0.05, 0.1) is 18.4 Å². The van der Waals surface area contributed by atoms with Gasteiger partial charge in [-0.15, -0.1) is 11.3 Å². The van der Waals surface area contributed by atoms with Crippen molar-refractivity contribution in [1.29, 1.82) is 0 Å². The van der Waals surface area contributed by atoms with E-state index in [0.717, 1.165) is 28.5 Å². The molecule has 202 valence electrons. The number of hydrogen-bond acceptors (Lipinski definition) is 8. The topological polar surface area (TPSA) is 147 Å². The van der Waals surface area contributed by atoms with Crippen LogP contribution in [0.15, 0.2) is 36.4 Å². The number of methoxy groups -OCH3 is 1. The minimum Gasteiger partial charge on any atom is -0.453 e. The van der Waals surface area contributed by atoms with Gasteiger partial charge in [0.15, 0.2) is 5.82 Å². The molecular formula is C24H26FN5O6S2. The van der Waals surface area contributed by atoms with Crippen LogP contribution >= 0.6 is 11.3 Å². The first-order valence-corrected chi connectivity index (χ1v) is 13.9. The lowest BCUT2D eigenvalue weighted by atomic mass is 10.0. The van der Waals surface area contributed by atoms with Crippen LogP contribution in [0.2, 0.25) is 0 Å². The summed E-state index contributed by atoms with van der Waals surface area (Å²) >= 11 is 0.866. The molecule has 1 aliphatic carbocycles. The normalized spacial score (nSPS) is 14.2. The Morgan fingerprint density at radius 3 is 2.58 bits per heavy atom. The number of halogens is 1. The van der Waals surface area contributed by atoms with Crippen LogP contribution < -0.4 is 16.0 Å². The number of ether oxygens (including phenoxy) is 1. The summed E-state index contributed by atoms with van der Waals surface area (Å²) < 4.78 is 47.1. The van der Waals surface area contributed by atoms with E-state index in [0.29, 0.717) is 21.5 Å². The van der Waals surface area contributed by atoms with Crippen molar-refractivity contribution in [3.05, 3.63) is 47.2 Å². The molecule has 0 aliphatic heterocycles. The fourth-order valence-electron chi connectivity index (χ4n) is 3.58. The molecule has 1 saturated carbocycles. The summed E-state index contributed by atoms with van der Waals surface area (Å²) in [6.45, 7) is -0.395. The second-order valence-corrected chi connectivity index (χ2v) is 12.1. The molecule has 1 heterocycles. The van der Waals surface area contributed by atoms with E-state index < -0.39 is 45.5 Å². The van der Waals surface area contributed by atoms with Gasteiger partial charge in [-0.1, -0.05) is 12.1 Å². The van der Waals surface area contributed by atoms with Gasteiger partial charge in [0.2, 0.25) is 27.1 Å². The standard InChI is InChI=1S/C24H26FN5O6S2/c1-30(2)38(34,35)21(22(32)26-12-19(31)27-15-7-8-15)23-29-20-17(25)10-14(11-18(20)37-23)13-5-4-6-16(9-13)28-24(33)36-3/h4-6,9-11,15,21H,7-8,12H2,1-3H3,(H,26,32)(H,27,31)(H,28,33). The average molecular weight is 564 g/mol. The summed E-state index contributed by atoms with van der Waals surface area (Å²) in [5.74, 6) is -2.08. The number of sulfonamides is 1. The molecule has 0 saturated heterocycles. The quantitative estimate of drug-likeness (QED) is 0.363. The summed E-state index contributed by atoms with van der Waals surface area (Å²) in [6, 6.07) is 9.59. The summed E-state index contributed by atoms with van der Waals surface area (Å²) in [7, 11) is -0.447. The van der Waals surface area contributed by atoms with Gasteiger partial charge in [-0.05, 0) is 48.2 Å². The van der Waals surface area contributed by atoms with Crippen molar-refractivity contribution < 1.29 is 31.9 Å². The monoisotopic (exact) mass is 563 g/mol. The lowest BCUT2D eigenvalue weighted by Gasteiger charge is -2.19. The first kappa shape index (κ1) is 27.4. The molecule has 38 heavy (non-hydrogen) atoms. The third-order valence-electron chi connectivity index (χ3n) is 5.73. The molecule has 2 aromatic carbocycles. The molecular weight excluding hydrogens is 537 g/mol. The Balaban J connectivity index is 1.67. The maximum absolute atomic E-state index is 15.2. The molecule has 3 aromatic rings. The summed E-state index contributed by atoms with van der Waals surface area (Å²) in [5.41, 5.74) is 1.37. The van der Waals surface area contributed by atoms with Gasteiger partial charge in [0, 0.05) is 25.8 Å². The molecule has 14 heteroatoms. The molecule has 1 fully saturated rings. The van der Waals surface area contributed by atoms with Crippen LogP contribution in [0.25, 0.3) is 21.3 Å². The predicted molar refractivity (Wildman–Crippen MR) is 141 cm³/mol. The number of carbonyl (C=O) groups is 3. The molecule has 11 nitrogen and oxygen atoms in total. The van der Waals surface area contributed by atoms with Crippen LogP contribution in [0.1, 0.15) is 23.1 Å². The molecule has 1 aromatic heterocycles. The average Bonchev–Trinajstić information content (AvgIpc) is 3.58. The van der Waals surface area contributed by atoms with Crippen LogP contribution in [-0.4, -0.2) is 69.4 Å². The van der Waals surface area contributed by atoms with Gasteiger partial charge in [0.1, 0.15) is 10.5 Å². The Bertz CT molecular complexity index is 1500. The van der Waals surface area contributed by atoms with Gasteiger partial charge in [-0.25, -0.2) is 26.9 Å². The molecule has 0 radical (unpaired) electrons. The van der Waals surface area contributed by atoms with Crippen molar-refractivity contribution in [2.45, 2.75) is 24.1 Å². The number of carbonyl (C=O) groups excluding carboxylic acids is 3. The van der Waals surface area contributed by atoms with Crippen LogP contribution in [0.4, 0.5) is 14.9 Å². The summed E-state index contributed by atoms with van der Waals surface area (Å²) in [4.78, 5) is 40.8. The fraction of sp³-hybridized carbons (Fsp3) is 0.333. The van der Waals surface area contributed by atoms with Crippen LogP contribution in [0, 0.1) is 5.82 Å². The number of nitrogens with one attached hydrogen (secondary N) is 3. The highest BCUT2D eigenvalue weighted by Crippen LogP contribution is 2.36. The number of anilines is 1. The smallest absolute Gasteiger partial charge is 0.411 e. The Morgan fingerprint density at radius 2 is 1.92 bits per heavy atom. The van der Waals surface area contributed by atoms with Gasteiger partial charge < -0.3 is 15.4 Å². The highest BCUT2D eigenvalue weighted by Gasteiger charge is 2.39. The van der Waals surface area contributed by atoms with Crippen molar-refractivity contribution in [3.8, 4) is 11.1 Å². The van der Waals surface area contributed by atoms with Crippen molar-refractivity contribution >= 4 is 55.2 Å². The third kappa shape index (κ3) is 6.09. The van der Waals surface area contributed by atoms with Crippen molar-refractivity contribution in [2.24, 2.45) is 0 Å². The van der Waals surface area contributed by atoms with Gasteiger partial charge in [0.25, 0.3) is 0 Å². The summed E-state index contributed by atoms with van der Waals surface area (Å²) in [6.07, 6.45) is 1.07. The van der Waals surface area contributed by atoms with E-state index in [1.54, 1.807) is 30.3 Å². The Kier molecular flexibility index (Phi) is 7.94. The highest BCUT2D eigenvalue weighted by atomic mass is 32.2. The number of thiazole rings is 1.